The van der Waals surface area contributed by atoms with E-state index in [-0.39, 0.29) is 5.91 Å². The van der Waals surface area contributed by atoms with Crippen LogP contribution < -0.4 is 11.1 Å². The minimum absolute atomic E-state index is 0.0615. The second-order valence-electron chi connectivity index (χ2n) is 6.10. The second kappa shape index (κ2) is 8.79. The Bertz CT molecular complexity index is 453. The Kier molecular flexibility index (Phi) is 6.72. The number of carbonyl (C=O) groups is 1. The first-order valence-electron chi connectivity index (χ1n) is 8.41. The van der Waals surface area contributed by atoms with E-state index >= 15 is 0 Å². The van der Waals surface area contributed by atoms with Gasteiger partial charge < -0.3 is 15.8 Å². The van der Waals surface area contributed by atoms with Crippen molar-refractivity contribution in [3.63, 3.8) is 0 Å². The molecule has 1 fully saturated rings. The van der Waals surface area contributed by atoms with E-state index < -0.39 is 0 Å². The number of nitrogen functional groups attached to an aromatic ring is 1. The summed E-state index contributed by atoms with van der Waals surface area (Å²) in [7, 11) is 0. The van der Waals surface area contributed by atoms with Gasteiger partial charge in [0.05, 0.1) is 12.5 Å². The third kappa shape index (κ3) is 5.34. The number of amides is 1. The molecule has 1 aliphatic rings. The number of benzene rings is 1. The summed E-state index contributed by atoms with van der Waals surface area (Å²) in [5, 5.41) is 3.01. The fraction of sp³-hybridized carbons (Fsp3) is 0.611. The van der Waals surface area contributed by atoms with E-state index in [0.717, 1.165) is 24.3 Å². The van der Waals surface area contributed by atoms with E-state index in [1.807, 2.05) is 31.2 Å². The molecule has 0 bridgehead atoms. The average Bonchev–Trinajstić information content (AvgIpc) is 3.03. The van der Waals surface area contributed by atoms with Gasteiger partial charge in [0.2, 0.25) is 5.91 Å². The Hall–Kier alpha value is -1.55. The van der Waals surface area contributed by atoms with Gasteiger partial charge in [-0.3, -0.25) is 4.79 Å². The van der Waals surface area contributed by atoms with Crippen LogP contribution in [-0.4, -0.2) is 25.2 Å². The average molecular weight is 304 g/mol. The summed E-state index contributed by atoms with van der Waals surface area (Å²) < 4.78 is 5.87. The van der Waals surface area contributed by atoms with Crippen molar-refractivity contribution in [2.45, 2.75) is 51.6 Å². The molecule has 2 rings (SSSR count). The maximum absolute atomic E-state index is 12.0. The van der Waals surface area contributed by atoms with Crippen LogP contribution in [0.15, 0.2) is 24.3 Å². The molecule has 3 N–H and O–H groups in total. The largest absolute Gasteiger partial charge is 0.399 e. The first-order valence-corrected chi connectivity index (χ1v) is 8.41. The molecule has 0 aliphatic heterocycles. The predicted octanol–water partition coefficient (Wildman–Crippen LogP) is 2.91. The molecule has 1 aromatic rings. The molecule has 1 aromatic carbocycles. The minimum atomic E-state index is 0.0615. The van der Waals surface area contributed by atoms with Crippen LogP contribution in [0.2, 0.25) is 0 Å². The molecule has 1 amide bonds. The predicted molar refractivity (Wildman–Crippen MR) is 89.6 cm³/mol. The number of rotatable bonds is 8. The zero-order valence-electron chi connectivity index (χ0n) is 13.5. The number of nitrogens with two attached hydrogens (primary N) is 1. The summed E-state index contributed by atoms with van der Waals surface area (Å²) >= 11 is 0. The number of anilines is 1. The third-order valence-corrected chi connectivity index (χ3v) is 4.40. The van der Waals surface area contributed by atoms with Crippen molar-refractivity contribution < 1.29 is 9.53 Å². The Morgan fingerprint density at radius 2 is 2.00 bits per heavy atom. The van der Waals surface area contributed by atoms with Crippen molar-refractivity contribution in [1.29, 1.82) is 0 Å². The van der Waals surface area contributed by atoms with Gasteiger partial charge >= 0.3 is 0 Å². The number of hydrogen-bond donors (Lipinski definition) is 2. The monoisotopic (exact) mass is 304 g/mol. The van der Waals surface area contributed by atoms with Crippen LogP contribution in [0.5, 0.6) is 0 Å². The first-order chi connectivity index (χ1) is 10.7. The number of carbonyl (C=O) groups excluding carboxylic acids is 1. The molecule has 4 heteroatoms. The SMILES string of the molecule is CCOC(CCNC(=O)Cc1ccc(N)cc1)C1CCCC1. The van der Waals surface area contributed by atoms with Crippen LogP contribution in [0.3, 0.4) is 0 Å². The molecule has 4 nitrogen and oxygen atoms in total. The molecule has 0 radical (unpaired) electrons. The Balaban J connectivity index is 1.71. The lowest BCUT2D eigenvalue weighted by molar-refractivity contribution is -0.120. The lowest BCUT2D eigenvalue weighted by Gasteiger charge is -2.23. The van der Waals surface area contributed by atoms with Gasteiger partial charge in [0.25, 0.3) is 0 Å². The zero-order valence-corrected chi connectivity index (χ0v) is 13.5. The van der Waals surface area contributed by atoms with Crippen LogP contribution >= 0.6 is 0 Å². The molecule has 0 heterocycles. The molecular formula is C18H28N2O2. The number of nitrogens with one attached hydrogen (secondary N) is 1. The van der Waals surface area contributed by atoms with Gasteiger partial charge in [-0.05, 0) is 49.8 Å². The maximum Gasteiger partial charge on any atom is 0.224 e. The first kappa shape index (κ1) is 16.8. The fourth-order valence-corrected chi connectivity index (χ4v) is 3.24. The van der Waals surface area contributed by atoms with Crippen molar-refractivity contribution >= 4 is 11.6 Å². The lowest BCUT2D eigenvalue weighted by atomic mass is 9.98. The highest BCUT2D eigenvalue weighted by molar-refractivity contribution is 5.78. The highest BCUT2D eigenvalue weighted by Crippen LogP contribution is 2.30. The van der Waals surface area contributed by atoms with Crippen LogP contribution in [0, 0.1) is 5.92 Å². The molecule has 22 heavy (non-hydrogen) atoms. The quantitative estimate of drug-likeness (QED) is 0.726. The van der Waals surface area contributed by atoms with E-state index in [9.17, 15) is 4.79 Å². The van der Waals surface area contributed by atoms with Gasteiger partial charge in [-0.25, -0.2) is 0 Å². The van der Waals surface area contributed by atoms with Gasteiger partial charge in [0, 0.05) is 18.8 Å². The smallest absolute Gasteiger partial charge is 0.224 e. The van der Waals surface area contributed by atoms with E-state index in [1.54, 1.807) is 0 Å². The number of ether oxygens (including phenoxy) is 1. The molecular weight excluding hydrogens is 276 g/mol. The molecule has 0 aromatic heterocycles. The molecule has 1 aliphatic carbocycles. The molecule has 0 spiro atoms. The Morgan fingerprint density at radius 1 is 1.32 bits per heavy atom. The van der Waals surface area contributed by atoms with Gasteiger partial charge in [0.1, 0.15) is 0 Å². The molecule has 1 saturated carbocycles. The minimum Gasteiger partial charge on any atom is -0.399 e. The van der Waals surface area contributed by atoms with E-state index in [2.05, 4.69) is 5.32 Å². The Labute approximate surface area is 133 Å². The van der Waals surface area contributed by atoms with E-state index in [0.29, 0.717) is 25.0 Å². The van der Waals surface area contributed by atoms with Crippen LogP contribution in [0.25, 0.3) is 0 Å². The summed E-state index contributed by atoms with van der Waals surface area (Å²) in [4.78, 5) is 12.0. The summed E-state index contributed by atoms with van der Waals surface area (Å²) in [6.07, 6.45) is 6.78. The van der Waals surface area contributed by atoms with Gasteiger partial charge in [-0.15, -0.1) is 0 Å². The van der Waals surface area contributed by atoms with Crippen molar-refractivity contribution in [1.82, 2.24) is 5.32 Å². The maximum atomic E-state index is 12.0. The highest BCUT2D eigenvalue weighted by atomic mass is 16.5. The molecule has 1 atom stereocenters. The lowest BCUT2D eigenvalue weighted by Crippen LogP contribution is -2.31. The van der Waals surface area contributed by atoms with Gasteiger partial charge in [0.15, 0.2) is 0 Å². The molecule has 0 saturated heterocycles. The summed E-state index contributed by atoms with van der Waals surface area (Å²) in [6.45, 7) is 3.48. The van der Waals surface area contributed by atoms with E-state index in [4.69, 9.17) is 10.5 Å². The number of hydrogen-bond acceptors (Lipinski definition) is 3. The standard InChI is InChI=1S/C18H28N2O2/c1-2-22-17(15-5-3-4-6-15)11-12-20-18(21)13-14-7-9-16(19)10-8-14/h7-10,15,17H,2-6,11-13,19H2,1H3,(H,20,21). The van der Waals surface area contributed by atoms with E-state index in [1.165, 1.54) is 25.7 Å². The van der Waals surface area contributed by atoms with Crippen LogP contribution in [0.1, 0.15) is 44.6 Å². The zero-order chi connectivity index (χ0) is 15.8. The summed E-state index contributed by atoms with van der Waals surface area (Å²) in [5.41, 5.74) is 7.36. The topological polar surface area (TPSA) is 64.3 Å². The second-order valence-corrected chi connectivity index (χ2v) is 6.10. The molecule has 122 valence electrons. The Morgan fingerprint density at radius 3 is 2.64 bits per heavy atom. The normalized spacial score (nSPS) is 16.6. The van der Waals surface area contributed by atoms with Crippen molar-refractivity contribution in [3.8, 4) is 0 Å². The highest BCUT2D eigenvalue weighted by Gasteiger charge is 2.25. The summed E-state index contributed by atoms with van der Waals surface area (Å²) in [5.74, 6) is 0.736. The van der Waals surface area contributed by atoms with Gasteiger partial charge in [-0.1, -0.05) is 25.0 Å². The van der Waals surface area contributed by atoms with Crippen molar-refractivity contribution in [3.05, 3.63) is 29.8 Å². The van der Waals surface area contributed by atoms with Crippen molar-refractivity contribution in [2.24, 2.45) is 5.92 Å². The van der Waals surface area contributed by atoms with Crippen LogP contribution in [0.4, 0.5) is 5.69 Å². The van der Waals surface area contributed by atoms with Crippen molar-refractivity contribution in [2.75, 3.05) is 18.9 Å². The summed E-state index contributed by atoms with van der Waals surface area (Å²) in [6, 6.07) is 7.45. The van der Waals surface area contributed by atoms with Gasteiger partial charge in [-0.2, -0.15) is 0 Å². The van der Waals surface area contributed by atoms with Crippen LogP contribution in [-0.2, 0) is 16.0 Å². The third-order valence-electron chi connectivity index (χ3n) is 4.40. The fourth-order valence-electron chi connectivity index (χ4n) is 3.24. The molecule has 1 unspecified atom stereocenters.